The van der Waals surface area contributed by atoms with Crippen LogP contribution in [0.5, 0.6) is 11.5 Å². The molecule has 0 spiro atoms. The molecular weight excluding hydrogens is 573 g/mol. The van der Waals surface area contributed by atoms with E-state index in [9.17, 15) is 34.1 Å². The number of aliphatic hydroxyl groups is 1. The second-order valence-corrected chi connectivity index (χ2v) is 11.7. The minimum Gasteiger partial charge on any atom is -0.507 e. The number of ether oxygens (including phenoxy) is 3. The molecule has 230 valence electrons. The van der Waals surface area contributed by atoms with Crippen LogP contribution in [-0.2, 0) is 32.0 Å². The quantitative estimate of drug-likeness (QED) is 0.239. The first-order valence-electron chi connectivity index (χ1n) is 14.3. The molecule has 6 atom stereocenters. The van der Waals surface area contributed by atoms with Crippen LogP contribution in [0.3, 0.4) is 0 Å². The average Bonchev–Trinajstić information content (AvgIpc) is 2.98. The molecule has 3 aliphatic rings. The standard InChI is InChI=1S/C33H32FNO9/c1-15-32(42-14-17-7-9-18(34)10-8-17)22(35)11-24(43-15)44-23-13-33(41,16(2)36)12-21-25(23)31(40)27-26(30(21)39)28(37)19-5-3-4-6-20(19)29(27)38/h3-10,15,22-24,32,39-41H,11-14,35H2,1-2H3/t15?,22?,23-,24?,32?,33-/m0/s1. The summed E-state index contributed by atoms with van der Waals surface area (Å²) in [5.74, 6) is -3.45. The number of carbonyl (C=O) groups is 3. The molecule has 0 saturated carbocycles. The molecule has 0 amide bonds. The van der Waals surface area contributed by atoms with E-state index in [1.807, 2.05) is 0 Å². The summed E-state index contributed by atoms with van der Waals surface area (Å²) in [7, 11) is 0. The van der Waals surface area contributed by atoms with E-state index >= 15 is 0 Å². The van der Waals surface area contributed by atoms with Crippen molar-refractivity contribution in [3.8, 4) is 11.5 Å². The third-order valence-corrected chi connectivity index (χ3v) is 8.82. The number of rotatable bonds is 6. The smallest absolute Gasteiger partial charge is 0.198 e. The molecule has 1 fully saturated rings. The lowest BCUT2D eigenvalue weighted by atomic mass is 9.72. The average molecular weight is 606 g/mol. The van der Waals surface area contributed by atoms with E-state index < -0.39 is 71.5 Å². The van der Waals surface area contributed by atoms with Gasteiger partial charge in [0.15, 0.2) is 23.6 Å². The van der Waals surface area contributed by atoms with Crippen molar-refractivity contribution in [2.75, 3.05) is 0 Å². The van der Waals surface area contributed by atoms with Crippen molar-refractivity contribution < 1.29 is 48.3 Å². The van der Waals surface area contributed by atoms with Crippen LogP contribution >= 0.6 is 0 Å². The molecule has 11 heteroatoms. The fourth-order valence-electron chi connectivity index (χ4n) is 6.45. The van der Waals surface area contributed by atoms with Crippen LogP contribution < -0.4 is 5.73 Å². The molecule has 6 rings (SSSR count). The largest absolute Gasteiger partial charge is 0.507 e. The van der Waals surface area contributed by atoms with Crippen molar-refractivity contribution in [3.05, 3.63) is 93.3 Å². The van der Waals surface area contributed by atoms with Gasteiger partial charge in [0.25, 0.3) is 0 Å². The molecule has 1 heterocycles. The summed E-state index contributed by atoms with van der Waals surface area (Å²) in [5.41, 5.74) is 4.53. The zero-order chi connectivity index (χ0) is 31.5. The van der Waals surface area contributed by atoms with Gasteiger partial charge in [0.2, 0.25) is 0 Å². The second-order valence-electron chi connectivity index (χ2n) is 11.7. The highest BCUT2D eigenvalue weighted by Crippen LogP contribution is 2.52. The first-order valence-corrected chi connectivity index (χ1v) is 14.3. The Hall–Kier alpha value is -4.00. The third kappa shape index (κ3) is 5.00. The number of halogens is 1. The number of fused-ring (bicyclic) bond motifs is 3. The number of carbonyl (C=O) groups excluding carboxylic acids is 3. The molecule has 5 N–H and O–H groups in total. The van der Waals surface area contributed by atoms with Crippen LogP contribution in [0.2, 0.25) is 0 Å². The van der Waals surface area contributed by atoms with Gasteiger partial charge in [-0.1, -0.05) is 36.4 Å². The number of Topliss-reactive ketones (excluding diaryl/α,β-unsaturated/α-hetero) is 1. The number of aromatic hydroxyl groups is 2. The summed E-state index contributed by atoms with van der Waals surface area (Å²) in [6, 6.07) is 11.4. The van der Waals surface area contributed by atoms with Gasteiger partial charge in [-0.25, -0.2) is 4.39 Å². The maximum Gasteiger partial charge on any atom is 0.198 e. The van der Waals surface area contributed by atoms with Gasteiger partial charge >= 0.3 is 0 Å². The van der Waals surface area contributed by atoms with E-state index in [4.69, 9.17) is 19.9 Å². The molecule has 0 radical (unpaired) electrons. The molecular formula is C33H32FNO9. The van der Waals surface area contributed by atoms with Crippen molar-refractivity contribution in [1.29, 1.82) is 0 Å². The molecule has 3 aromatic carbocycles. The minimum absolute atomic E-state index is 0.00721. The normalized spacial score (nSPS) is 27.8. The Kier molecular flexibility index (Phi) is 7.63. The minimum atomic E-state index is -2.00. The monoisotopic (exact) mass is 605 g/mol. The Morgan fingerprint density at radius 1 is 1.05 bits per heavy atom. The highest BCUT2D eigenvalue weighted by Gasteiger charge is 2.49. The van der Waals surface area contributed by atoms with Gasteiger partial charge in [-0.2, -0.15) is 0 Å². The predicted octanol–water partition coefficient (Wildman–Crippen LogP) is 3.38. The van der Waals surface area contributed by atoms with Gasteiger partial charge in [0.05, 0.1) is 36.0 Å². The Bertz CT molecular complexity index is 1660. The van der Waals surface area contributed by atoms with E-state index in [1.165, 1.54) is 31.2 Å². The fraction of sp³-hybridized carbons (Fsp3) is 0.364. The first kappa shape index (κ1) is 30.0. The van der Waals surface area contributed by atoms with E-state index in [0.717, 1.165) is 5.56 Å². The maximum absolute atomic E-state index is 13.5. The second kappa shape index (κ2) is 11.2. The number of nitrogens with two attached hydrogens (primary N) is 1. The number of phenolic OH excluding ortho intramolecular Hbond substituents is 2. The van der Waals surface area contributed by atoms with Crippen LogP contribution in [0.1, 0.15) is 81.3 Å². The summed E-state index contributed by atoms with van der Waals surface area (Å²) >= 11 is 0. The number of benzene rings is 3. The first-order chi connectivity index (χ1) is 20.9. The van der Waals surface area contributed by atoms with Crippen molar-refractivity contribution in [3.63, 3.8) is 0 Å². The number of ketones is 3. The van der Waals surface area contributed by atoms with Gasteiger partial charge < -0.3 is 35.3 Å². The summed E-state index contributed by atoms with van der Waals surface area (Å²) in [4.78, 5) is 39.6. The topological polar surface area (TPSA) is 166 Å². The molecule has 1 aliphatic heterocycles. The lowest BCUT2D eigenvalue weighted by Crippen LogP contribution is -2.53. The molecule has 0 bridgehead atoms. The maximum atomic E-state index is 13.5. The van der Waals surface area contributed by atoms with Crippen LogP contribution in [0, 0.1) is 5.82 Å². The van der Waals surface area contributed by atoms with Crippen LogP contribution in [0.25, 0.3) is 0 Å². The Morgan fingerprint density at radius 3 is 2.25 bits per heavy atom. The lowest BCUT2D eigenvalue weighted by Gasteiger charge is -2.43. The third-order valence-electron chi connectivity index (χ3n) is 8.82. The molecule has 10 nitrogen and oxygen atoms in total. The lowest BCUT2D eigenvalue weighted by molar-refractivity contribution is -0.254. The van der Waals surface area contributed by atoms with E-state index in [2.05, 4.69) is 0 Å². The molecule has 0 aromatic heterocycles. The number of phenols is 2. The highest BCUT2D eigenvalue weighted by atomic mass is 19.1. The van der Waals surface area contributed by atoms with Crippen molar-refractivity contribution in [2.45, 2.75) is 76.0 Å². The van der Waals surface area contributed by atoms with Gasteiger partial charge in [0, 0.05) is 47.6 Å². The Balaban J connectivity index is 1.31. The Labute approximate surface area is 252 Å². The van der Waals surface area contributed by atoms with Gasteiger partial charge in [0.1, 0.15) is 22.9 Å². The fourth-order valence-corrected chi connectivity index (χ4v) is 6.45. The summed E-state index contributed by atoms with van der Waals surface area (Å²) in [6.45, 7) is 3.11. The predicted molar refractivity (Wildman–Crippen MR) is 153 cm³/mol. The molecule has 1 saturated heterocycles. The zero-order valence-corrected chi connectivity index (χ0v) is 24.1. The summed E-state index contributed by atoms with van der Waals surface area (Å²) < 4.78 is 31.6. The zero-order valence-electron chi connectivity index (χ0n) is 24.1. The van der Waals surface area contributed by atoms with Crippen LogP contribution in [-0.4, -0.2) is 62.8 Å². The summed E-state index contributed by atoms with van der Waals surface area (Å²) in [6.07, 6.45) is -3.90. The van der Waals surface area contributed by atoms with Crippen molar-refractivity contribution >= 4 is 17.3 Å². The molecule has 3 aromatic rings. The number of hydrogen-bond donors (Lipinski definition) is 4. The van der Waals surface area contributed by atoms with Gasteiger partial charge in [-0.05, 0) is 31.5 Å². The van der Waals surface area contributed by atoms with Gasteiger partial charge in [-0.3, -0.25) is 14.4 Å². The van der Waals surface area contributed by atoms with Gasteiger partial charge in [-0.15, -0.1) is 0 Å². The van der Waals surface area contributed by atoms with E-state index in [-0.39, 0.29) is 58.6 Å². The van der Waals surface area contributed by atoms with Crippen molar-refractivity contribution in [2.24, 2.45) is 5.73 Å². The summed E-state index contributed by atoms with van der Waals surface area (Å²) in [5, 5.41) is 34.3. The number of hydrogen-bond acceptors (Lipinski definition) is 10. The highest BCUT2D eigenvalue weighted by molar-refractivity contribution is 6.30. The molecule has 2 aliphatic carbocycles. The SMILES string of the molecule is CC(=O)[C@]1(O)Cc2c(O)c3c(c(O)c2[C@@H](OC2CC(N)C(OCc4ccc(F)cc4)C(C)O2)C1)C(=O)c1ccccc1C3=O. The van der Waals surface area contributed by atoms with Crippen LogP contribution in [0.15, 0.2) is 48.5 Å². The van der Waals surface area contributed by atoms with Crippen LogP contribution in [0.4, 0.5) is 4.39 Å². The molecule has 44 heavy (non-hydrogen) atoms. The van der Waals surface area contributed by atoms with E-state index in [1.54, 1.807) is 31.2 Å². The van der Waals surface area contributed by atoms with E-state index in [0.29, 0.717) is 0 Å². The Morgan fingerprint density at radius 2 is 1.66 bits per heavy atom. The van der Waals surface area contributed by atoms with Crippen molar-refractivity contribution in [1.82, 2.24) is 0 Å². The molecule has 4 unspecified atom stereocenters.